The van der Waals surface area contributed by atoms with Gasteiger partial charge in [0.05, 0.1) is 24.7 Å². The Labute approximate surface area is 183 Å². The van der Waals surface area contributed by atoms with Crippen LogP contribution in [0.4, 0.5) is 33.2 Å². The Morgan fingerprint density at radius 2 is 1.94 bits per heavy atom. The van der Waals surface area contributed by atoms with Crippen molar-refractivity contribution in [2.24, 2.45) is 0 Å². The Morgan fingerprint density at radius 1 is 1.13 bits per heavy atom. The summed E-state index contributed by atoms with van der Waals surface area (Å²) in [4.78, 5) is 8.70. The van der Waals surface area contributed by atoms with E-state index in [-0.39, 0.29) is 5.82 Å². The van der Waals surface area contributed by atoms with Gasteiger partial charge in [-0.15, -0.1) is 0 Å². The minimum absolute atomic E-state index is 0.250. The van der Waals surface area contributed by atoms with Crippen molar-refractivity contribution in [3.8, 4) is 5.75 Å². The fourth-order valence-corrected chi connectivity index (χ4v) is 3.13. The monoisotopic (exact) mass is 438 g/mol. The molecular formula is C22H20ClFN6O. The summed E-state index contributed by atoms with van der Waals surface area (Å²) in [5, 5.41) is 6.67. The molecular weight excluding hydrogens is 419 g/mol. The predicted octanol–water partition coefficient (Wildman–Crippen LogP) is 5.20. The Hall–Kier alpha value is -3.78. The van der Waals surface area contributed by atoms with Crippen molar-refractivity contribution in [1.82, 2.24) is 14.5 Å². The van der Waals surface area contributed by atoms with E-state index >= 15 is 0 Å². The molecule has 0 saturated carbocycles. The van der Waals surface area contributed by atoms with Crippen LogP contribution in [0.2, 0.25) is 5.02 Å². The summed E-state index contributed by atoms with van der Waals surface area (Å²) in [5.41, 5.74) is 8.87. The second kappa shape index (κ2) is 8.93. The van der Waals surface area contributed by atoms with Gasteiger partial charge in [-0.05, 0) is 35.9 Å². The van der Waals surface area contributed by atoms with Crippen LogP contribution in [0.5, 0.6) is 5.75 Å². The molecule has 2 aromatic heterocycles. The van der Waals surface area contributed by atoms with Gasteiger partial charge < -0.3 is 25.7 Å². The van der Waals surface area contributed by atoms with E-state index < -0.39 is 0 Å². The highest BCUT2D eigenvalue weighted by atomic mass is 35.5. The molecule has 4 rings (SSSR count). The van der Waals surface area contributed by atoms with Crippen molar-refractivity contribution < 1.29 is 9.13 Å². The van der Waals surface area contributed by atoms with Gasteiger partial charge in [-0.1, -0.05) is 23.7 Å². The largest absolute Gasteiger partial charge is 0.494 e. The number of methoxy groups -OCH3 is 1. The Balaban J connectivity index is 1.49. The molecule has 9 heteroatoms. The van der Waals surface area contributed by atoms with E-state index in [0.29, 0.717) is 40.5 Å². The summed E-state index contributed by atoms with van der Waals surface area (Å²) < 4.78 is 20.4. The molecule has 0 unspecified atom stereocenters. The molecule has 2 heterocycles. The summed E-state index contributed by atoms with van der Waals surface area (Å²) in [7, 11) is 1.56. The number of nitrogens with one attached hydrogen (secondary N) is 2. The number of aromatic nitrogens is 3. The van der Waals surface area contributed by atoms with E-state index in [1.807, 2.05) is 23.0 Å². The first-order chi connectivity index (χ1) is 15.0. The molecule has 0 radical (unpaired) electrons. The fourth-order valence-electron chi connectivity index (χ4n) is 3.00. The molecule has 0 bridgehead atoms. The van der Waals surface area contributed by atoms with Crippen molar-refractivity contribution in [3.05, 3.63) is 83.5 Å². The third-order valence-corrected chi connectivity index (χ3v) is 4.78. The highest BCUT2D eigenvalue weighted by Gasteiger charge is 2.10. The van der Waals surface area contributed by atoms with Gasteiger partial charge in [0.25, 0.3) is 0 Å². The normalized spacial score (nSPS) is 10.7. The number of nitrogen functional groups attached to an aromatic ring is 1. The van der Waals surface area contributed by atoms with Gasteiger partial charge in [0.2, 0.25) is 5.95 Å². The van der Waals surface area contributed by atoms with Gasteiger partial charge in [0.15, 0.2) is 5.82 Å². The molecule has 0 fully saturated rings. The minimum atomic E-state index is -0.250. The van der Waals surface area contributed by atoms with Crippen LogP contribution >= 0.6 is 11.6 Å². The molecule has 0 amide bonds. The van der Waals surface area contributed by atoms with E-state index in [1.165, 1.54) is 18.3 Å². The van der Waals surface area contributed by atoms with Gasteiger partial charge in [-0.2, -0.15) is 4.98 Å². The molecule has 0 aliphatic rings. The molecule has 7 nitrogen and oxygen atoms in total. The van der Waals surface area contributed by atoms with Crippen molar-refractivity contribution >= 4 is 40.4 Å². The van der Waals surface area contributed by atoms with Crippen molar-refractivity contribution in [1.29, 1.82) is 0 Å². The molecule has 0 saturated heterocycles. The fraction of sp³-hybridized carbons (Fsp3) is 0.0909. The molecule has 158 valence electrons. The van der Waals surface area contributed by atoms with E-state index in [2.05, 4.69) is 20.6 Å². The SMILES string of the molecule is COc1cc(N)ccc1Nc1nc(Nc2ccn(Cc3ccc(F)cc3)c2)ncc1Cl. The van der Waals surface area contributed by atoms with Gasteiger partial charge in [-0.3, -0.25) is 0 Å². The quantitative estimate of drug-likeness (QED) is 0.344. The molecule has 0 aliphatic heterocycles. The molecule has 4 N–H and O–H groups in total. The minimum Gasteiger partial charge on any atom is -0.494 e. The number of hydrogen-bond donors (Lipinski definition) is 3. The number of anilines is 5. The summed E-state index contributed by atoms with van der Waals surface area (Å²) in [6.07, 6.45) is 5.34. The van der Waals surface area contributed by atoms with Crippen LogP contribution < -0.4 is 21.1 Å². The van der Waals surface area contributed by atoms with Crippen LogP contribution in [0.15, 0.2) is 67.1 Å². The van der Waals surface area contributed by atoms with Crippen LogP contribution in [-0.2, 0) is 6.54 Å². The Kier molecular flexibility index (Phi) is 5.90. The first-order valence-corrected chi connectivity index (χ1v) is 9.78. The Bertz CT molecular complexity index is 1200. The number of hydrogen-bond acceptors (Lipinski definition) is 6. The van der Waals surface area contributed by atoms with Crippen LogP contribution in [0, 0.1) is 5.82 Å². The zero-order valence-corrected chi connectivity index (χ0v) is 17.4. The van der Waals surface area contributed by atoms with E-state index in [9.17, 15) is 4.39 Å². The predicted molar refractivity (Wildman–Crippen MR) is 121 cm³/mol. The first-order valence-electron chi connectivity index (χ1n) is 9.40. The highest BCUT2D eigenvalue weighted by molar-refractivity contribution is 6.32. The maximum atomic E-state index is 13.1. The summed E-state index contributed by atoms with van der Waals surface area (Å²) >= 11 is 6.27. The number of ether oxygens (including phenoxy) is 1. The zero-order valence-electron chi connectivity index (χ0n) is 16.6. The lowest BCUT2D eigenvalue weighted by molar-refractivity contribution is 0.417. The summed E-state index contributed by atoms with van der Waals surface area (Å²) in [6, 6.07) is 13.6. The number of nitrogens with two attached hydrogens (primary N) is 1. The topological polar surface area (TPSA) is 90.0 Å². The third kappa shape index (κ3) is 5.04. The van der Waals surface area contributed by atoms with Crippen LogP contribution in [0.25, 0.3) is 0 Å². The standard InChI is InChI=1S/C22H20ClFN6O/c1-31-20-10-16(25)6-7-19(20)28-21-18(23)11-26-22(29-21)27-17-8-9-30(13-17)12-14-2-4-15(24)5-3-14/h2-11,13H,12,25H2,1H3,(H2,26,27,28,29). The van der Waals surface area contributed by atoms with E-state index in [1.54, 1.807) is 37.4 Å². The first kappa shape index (κ1) is 20.5. The lowest BCUT2D eigenvalue weighted by Crippen LogP contribution is -2.02. The second-order valence-corrected chi connectivity index (χ2v) is 7.21. The highest BCUT2D eigenvalue weighted by Crippen LogP contribution is 2.32. The van der Waals surface area contributed by atoms with Gasteiger partial charge >= 0.3 is 0 Å². The number of halogens is 2. The maximum absolute atomic E-state index is 13.1. The molecule has 0 spiro atoms. The second-order valence-electron chi connectivity index (χ2n) is 6.80. The van der Waals surface area contributed by atoms with Gasteiger partial charge in [0.1, 0.15) is 16.6 Å². The van der Waals surface area contributed by atoms with Crippen molar-refractivity contribution in [2.45, 2.75) is 6.54 Å². The third-order valence-electron chi connectivity index (χ3n) is 4.51. The lowest BCUT2D eigenvalue weighted by Gasteiger charge is -2.13. The molecule has 2 aromatic carbocycles. The smallest absolute Gasteiger partial charge is 0.229 e. The molecule has 0 atom stereocenters. The van der Waals surface area contributed by atoms with Crippen LogP contribution in [0.1, 0.15) is 5.56 Å². The number of benzene rings is 2. The number of rotatable bonds is 7. The van der Waals surface area contributed by atoms with E-state index in [0.717, 1.165) is 11.3 Å². The molecule has 4 aromatic rings. The summed E-state index contributed by atoms with van der Waals surface area (Å²) in [6.45, 7) is 0.618. The number of nitrogens with zero attached hydrogens (tertiary/aromatic N) is 3. The van der Waals surface area contributed by atoms with E-state index in [4.69, 9.17) is 22.1 Å². The molecule has 31 heavy (non-hydrogen) atoms. The van der Waals surface area contributed by atoms with Crippen molar-refractivity contribution in [3.63, 3.8) is 0 Å². The van der Waals surface area contributed by atoms with Crippen LogP contribution in [0.3, 0.4) is 0 Å². The van der Waals surface area contributed by atoms with Crippen LogP contribution in [-0.4, -0.2) is 21.6 Å². The average Bonchev–Trinajstić information content (AvgIpc) is 3.20. The van der Waals surface area contributed by atoms with Gasteiger partial charge in [0, 0.05) is 30.7 Å². The maximum Gasteiger partial charge on any atom is 0.229 e. The van der Waals surface area contributed by atoms with Crippen molar-refractivity contribution in [2.75, 3.05) is 23.5 Å². The zero-order chi connectivity index (χ0) is 21.8. The Morgan fingerprint density at radius 3 is 2.71 bits per heavy atom. The average molecular weight is 439 g/mol. The molecule has 0 aliphatic carbocycles. The summed E-state index contributed by atoms with van der Waals surface area (Å²) in [5.74, 6) is 1.12. The van der Waals surface area contributed by atoms with Gasteiger partial charge in [-0.25, -0.2) is 9.37 Å². The lowest BCUT2D eigenvalue weighted by atomic mass is 10.2.